The quantitative estimate of drug-likeness (QED) is 0.710. The Morgan fingerprint density at radius 1 is 1.00 bits per heavy atom. The molecule has 0 atom stereocenters. The summed E-state index contributed by atoms with van der Waals surface area (Å²) in [6, 6.07) is 0.687. The third-order valence-corrected chi connectivity index (χ3v) is 3.02. The molecule has 1 aromatic heterocycles. The van der Waals surface area contributed by atoms with Gasteiger partial charge in [0, 0.05) is 6.54 Å². The van der Waals surface area contributed by atoms with E-state index in [-0.39, 0.29) is 0 Å². The van der Waals surface area contributed by atoms with Crippen molar-refractivity contribution in [1.29, 1.82) is 0 Å². The molecule has 0 bridgehead atoms. The van der Waals surface area contributed by atoms with Crippen molar-refractivity contribution >= 4 is 5.95 Å². The summed E-state index contributed by atoms with van der Waals surface area (Å²) >= 11 is 0. The summed E-state index contributed by atoms with van der Waals surface area (Å²) in [4.78, 5) is 12.7. The number of aromatic nitrogens is 3. The molecule has 6 nitrogen and oxygen atoms in total. The maximum Gasteiger partial charge on any atom is 0.324 e. The minimum absolute atomic E-state index is 0.335. The van der Waals surface area contributed by atoms with Crippen LogP contribution in [0, 0.1) is 5.92 Å². The number of hydrogen-bond acceptors (Lipinski definition) is 6. The fraction of sp³-hybridized carbons (Fsp3) is 0.786. The lowest BCUT2D eigenvalue weighted by molar-refractivity contribution is 0.256. The zero-order valence-corrected chi connectivity index (χ0v) is 12.4. The van der Waals surface area contributed by atoms with Crippen LogP contribution >= 0.6 is 0 Å². The van der Waals surface area contributed by atoms with Gasteiger partial charge in [-0.15, -0.1) is 4.98 Å². The number of hydrogen-bond donors (Lipinski definition) is 1. The molecule has 0 amide bonds. The molecule has 1 aliphatic rings. The molecule has 1 fully saturated rings. The Morgan fingerprint density at radius 3 is 2.30 bits per heavy atom. The first-order valence-corrected chi connectivity index (χ1v) is 7.57. The number of nitrogens with one attached hydrogen (secondary N) is 1. The van der Waals surface area contributed by atoms with Gasteiger partial charge in [0.25, 0.3) is 0 Å². The molecule has 20 heavy (non-hydrogen) atoms. The molecule has 1 aromatic rings. The molecule has 112 valence electrons. The van der Waals surface area contributed by atoms with E-state index in [9.17, 15) is 0 Å². The maximum absolute atomic E-state index is 5.62. The lowest BCUT2D eigenvalue weighted by atomic mass is 10.3. The summed E-state index contributed by atoms with van der Waals surface area (Å²) in [6.45, 7) is 6.22. The Kier molecular flexibility index (Phi) is 5.83. The highest BCUT2D eigenvalue weighted by atomic mass is 16.5. The normalized spacial score (nSPS) is 14.1. The largest absolute Gasteiger partial charge is 0.463 e. The summed E-state index contributed by atoms with van der Waals surface area (Å²) < 4.78 is 11.1. The number of rotatable bonds is 10. The predicted octanol–water partition coefficient (Wildman–Crippen LogP) is 2.66. The van der Waals surface area contributed by atoms with E-state index >= 15 is 0 Å². The van der Waals surface area contributed by atoms with E-state index in [1.54, 1.807) is 0 Å². The molecule has 0 aliphatic heterocycles. The molecule has 1 N–H and O–H groups in total. The van der Waals surface area contributed by atoms with Crippen LogP contribution < -0.4 is 14.8 Å². The van der Waals surface area contributed by atoms with E-state index < -0.39 is 0 Å². The van der Waals surface area contributed by atoms with Crippen molar-refractivity contribution in [1.82, 2.24) is 15.0 Å². The van der Waals surface area contributed by atoms with Crippen molar-refractivity contribution < 1.29 is 9.47 Å². The van der Waals surface area contributed by atoms with E-state index in [1.165, 1.54) is 12.8 Å². The summed E-state index contributed by atoms with van der Waals surface area (Å²) in [6.07, 6.45) is 5.66. The minimum Gasteiger partial charge on any atom is -0.463 e. The number of anilines is 1. The first-order valence-electron chi connectivity index (χ1n) is 7.57. The van der Waals surface area contributed by atoms with E-state index in [0.717, 1.165) is 31.7 Å². The van der Waals surface area contributed by atoms with Gasteiger partial charge < -0.3 is 14.8 Å². The molecule has 0 spiro atoms. The van der Waals surface area contributed by atoms with Gasteiger partial charge in [-0.05, 0) is 25.2 Å². The van der Waals surface area contributed by atoms with Crippen LogP contribution in [0.25, 0.3) is 0 Å². The van der Waals surface area contributed by atoms with Crippen LogP contribution in [0.2, 0.25) is 0 Å². The van der Waals surface area contributed by atoms with Gasteiger partial charge >= 0.3 is 12.0 Å². The average Bonchev–Trinajstić information content (AvgIpc) is 3.27. The summed E-state index contributed by atoms with van der Waals surface area (Å²) in [5.41, 5.74) is 0. The molecular formula is C14H24N4O2. The smallest absolute Gasteiger partial charge is 0.324 e. The number of nitrogens with zero attached hydrogens (tertiary/aromatic N) is 3. The zero-order chi connectivity index (χ0) is 14.2. The topological polar surface area (TPSA) is 69.2 Å². The second-order valence-electron chi connectivity index (χ2n) is 5.08. The first-order chi connectivity index (χ1) is 9.81. The zero-order valence-electron chi connectivity index (χ0n) is 12.4. The Bertz CT molecular complexity index is 384. The van der Waals surface area contributed by atoms with Crippen LogP contribution in [-0.2, 0) is 0 Å². The van der Waals surface area contributed by atoms with Gasteiger partial charge in [-0.3, -0.25) is 0 Å². The molecular weight excluding hydrogens is 256 g/mol. The number of ether oxygens (including phenoxy) is 2. The van der Waals surface area contributed by atoms with Gasteiger partial charge in [-0.2, -0.15) is 9.97 Å². The summed E-state index contributed by atoms with van der Waals surface area (Å²) in [7, 11) is 0. The summed E-state index contributed by atoms with van der Waals surface area (Å²) in [5, 5.41) is 3.14. The predicted molar refractivity (Wildman–Crippen MR) is 77.2 cm³/mol. The highest BCUT2D eigenvalue weighted by Crippen LogP contribution is 2.32. The van der Waals surface area contributed by atoms with E-state index in [4.69, 9.17) is 9.47 Å². The van der Waals surface area contributed by atoms with Crippen LogP contribution in [0.1, 0.15) is 46.0 Å². The molecule has 1 aliphatic carbocycles. The Morgan fingerprint density at radius 2 is 1.70 bits per heavy atom. The van der Waals surface area contributed by atoms with Crippen molar-refractivity contribution in [3.8, 4) is 12.0 Å². The molecule has 0 radical (unpaired) electrons. The highest BCUT2D eigenvalue weighted by molar-refractivity contribution is 5.27. The van der Waals surface area contributed by atoms with Crippen LogP contribution in [0.5, 0.6) is 12.0 Å². The molecule has 1 saturated carbocycles. The van der Waals surface area contributed by atoms with Crippen molar-refractivity contribution in [3.63, 3.8) is 0 Å². The van der Waals surface area contributed by atoms with Gasteiger partial charge in [0.2, 0.25) is 5.95 Å². The minimum atomic E-state index is 0.335. The first kappa shape index (κ1) is 14.8. The highest BCUT2D eigenvalue weighted by Gasteiger charge is 2.21. The molecule has 0 unspecified atom stereocenters. The van der Waals surface area contributed by atoms with Crippen LogP contribution in [0.4, 0.5) is 5.95 Å². The van der Waals surface area contributed by atoms with Gasteiger partial charge in [0.15, 0.2) is 0 Å². The van der Waals surface area contributed by atoms with E-state index in [0.29, 0.717) is 31.2 Å². The standard InChI is InChI=1S/C14H24N4O2/c1-3-8-15-12-16-13(19-9-4-2)18-14(17-12)20-10-7-11-5-6-11/h11H,3-10H2,1-2H3,(H,15,16,17,18). The van der Waals surface area contributed by atoms with Gasteiger partial charge in [0.05, 0.1) is 13.2 Å². The second-order valence-corrected chi connectivity index (χ2v) is 5.08. The maximum atomic E-state index is 5.62. The lowest BCUT2D eigenvalue weighted by Crippen LogP contribution is -2.10. The second kappa shape index (κ2) is 7.87. The van der Waals surface area contributed by atoms with Crippen LogP contribution in [-0.4, -0.2) is 34.7 Å². The summed E-state index contributed by atoms with van der Waals surface area (Å²) in [5.74, 6) is 1.36. The van der Waals surface area contributed by atoms with Crippen molar-refractivity contribution in [2.24, 2.45) is 5.92 Å². The molecule has 0 aromatic carbocycles. The Labute approximate surface area is 120 Å². The monoisotopic (exact) mass is 280 g/mol. The molecule has 1 heterocycles. The van der Waals surface area contributed by atoms with Gasteiger partial charge in [-0.25, -0.2) is 0 Å². The molecule has 0 saturated heterocycles. The van der Waals surface area contributed by atoms with Crippen LogP contribution in [0.3, 0.4) is 0 Å². The van der Waals surface area contributed by atoms with Crippen LogP contribution in [0.15, 0.2) is 0 Å². The molecule has 6 heteroatoms. The lowest BCUT2D eigenvalue weighted by Gasteiger charge is -2.09. The third-order valence-electron chi connectivity index (χ3n) is 3.02. The SMILES string of the molecule is CCCNc1nc(OCCC)nc(OCCC2CC2)n1. The van der Waals surface area contributed by atoms with E-state index in [1.807, 2.05) is 6.92 Å². The Balaban J connectivity index is 1.94. The fourth-order valence-electron chi connectivity index (χ4n) is 1.70. The van der Waals surface area contributed by atoms with Gasteiger partial charge in [-0.1, -0.05) is 26.7 Å². The Hall–Kier alpha value is -1.59. The van der Waals surface area contributed by atoms with E-state index in [2.05, 4.69) is 27.2 Å². The molecule has 2 rings (SSSR count). The van der Waals surface area contributed by atoms with Gasteiger partial charge in [0.1, 0.15) is 0 Å². The van der Waals surface area contributed by atoms with Crippen molar-refractivity contribution in [2.45, 2.75) is 46.0 Å². The fourth-order valence-corrected chi connectivity index (χ4v) is 1.70. The third kappa shape index (κ3) is 5.19. The van der Waals surface area contributed by atoms with Crippen molar-refractivity contribution in [2.75, 3.05) is 25.1 Å². The van der Waals surface area contributed by atoms with Crippen molar-refractivity contribution in [3.05, 3.63) is 0 Å². The average molecular weight is 280 g/mol.